The number of hydrogen-bond donors (Lipinski definition) is 0. The molecule has 0 aliphatic carbocycles. The van der Waals surface area contributed by atoms with Crippen molar-refractivity contribution >= 4 is 57.1 Å². The molecule has 32 heavy (non-hydrogen) atoms. The lowest BCUT2D eigenvalue weighted by atomic mass is 10.1. The van der Waals surface area contributed by atoms with E-state index in [1.165, 1.54) is 18.2 Å². The molecule has 3 aliphatic heterocycles. The predicted octanol–water partition coefficient (Wildman–Crippen LogP) is 4.87. The number of para-hydroxylation sites is 1. The first-order valence-electron chi connectivity index (χ1n) is 11.0. The Morgan fingerprint density at radius 2 is 1.69 bits per heavy atom. The summed E-state index contributed by atoms with van der Waals surface area (Å²) in [6.45, 7) is 6.54. The van der Waals surface area contributed by atoms with Crippen LogP contribution in [0.1, 0.15) is 36.0 Å². The molecular formula is C25H25N3O2S2. The van der Waals surface area contributed by atoms with Gasteiger partial charge in [-0.15, -0.1) is 0 Å². The first-order chi connectivity index (χ1) is 15.5. The molecule has 0 bridgehead atoms. The van der Waals surface area contributed by atoms with Crippen LogP contribution in [0.4, 0.5) is 11.4 Å². The zero-order chi connectivity index (χ0) is 22.4. The number of thioether (sulfide) groups is 1. The van der Waals surface area contributed by atoms with Crippen molar-refractivity contribution in [2.75, 3.05) is 29.6 Å². The van der Waals surface area contributed by atoms with Gasteiger partial charge < -0.3 is 0 Å². The second-order valence-corrected chi connectivity index (χ2v) is 10.2. The molecule has 3 heterocycles. The largest absolute Gasteiger partial charge is 0.294 e. The number of hydrogen-bond acceptors (Lipinski definition) is 5. The summed E-state index contributed by atoms with van der Waals surface area (Å²) in [5.41, 5.74) is 5.05. The van der Waals surface area contributed by atoms with E-state index in [-0.39, 0.29) is 11.8 Å². The SMILES string of the molecule is Cc1ccc(N2C(=O)C(=C3C(=O)N(CN4CCCCC4)c4ccccc43)SC2=S)c(C)c1. The Hall–Kier alpha value is -2.48. The summed E-state index contributed by atoms with van der Waals surface area (Å²) < 4.78 is 0.462. The highest BCUT2D eigenvalue weighted by Crippen LogP contribution is 2.46. The zero-order valence-electron chi connectivity index (χ0n) is 18.3. The van der Waals surface area contributed by atoms with Crippen LogP contribution in [-0.4, -0.2) is 40.8 Å². The second kappa shape index (κ2) is 8.46. The van der Waals surface area contributed by atoms with Gasteiger partial charge in [0.05, 0.1) is 28.5 Å². The molecule has 2 aromatic carbocycles. The minimum absolute atomic E-state index is 0.113. The number of carbonyl (C=O) groups is 2. The Kier molecular flexibility index (Phi) is 5.65. The van der Waals surface area contributed by atoms with E-state index in [0.29, 0.717) is 21.5 Å². The van der Waals surface area contributed by atoms with E-state index >= 15 is 0 Å². The topological polar surface area (TPSA) is 43.9 Å². The summed E-state index contributed by atoms with van der Waals surface area (Å²) in [6.07, 6.45) is 3.56. The summed E-state index contributed by atoms with van der Waals surface area (Å²) >= 11 is 6.83. The molecule has 0 radical (unpaired) electrons. The molecular weight excluding hydrogens is 438 g/mol. The van der Waals surface area contributed by atoms with Gasteiger partial charge in [-0.2, -0.15) is 0 Å². The van der Waals surface area contributed by atoms with Gasteiger partial charge in [-0.1, -0.05) is 66.3 Å². The van der Waals surface area contributed by atoms with E-state index in [4.69, 9.17) is 12.2 Å². The average Bonchev–Trinajstić information content (AvgIpc) is 3.22. The van der Waals surface area contributed by atoms with Crippen LogP contribution in [0.2, 0.25) is 0 Å². The van der Waals surface area contributed by atoms with Crippen molar-refractivity contribution in [3.8, 4) is 0 Å². The highest BCUT2D eigenvalue weighted by atomic mass is 32.2. The first kappa shape index (κ1) is 21.4. The van der Waals surface area contributed by atoms with E-state index in [1.807, 2.05) is 61.2 Å². The van der Waals surface area contributed by atoms with E-state index in [2.05, 4.69) is 4.90 Å². The van der Waals surface area contributed by atoms with Crippen LogP contribution in [0.25, 0.3) is 5.57 Å². The van der Waals surface area contributed by atoms with E-state index in [0.717, 1.165) is 54.0 Å². The third kappa shape index (κ3) is 3.58. The van der Waals surface area contributed by atoms with Gasteiger partial charge in [-0.05, 0) is 57.5 Å². The van der Waals surface area contributed by atoms with Crippen LogP contribution in [0, 0.1) is 13.8 Å². The Morgan fingerprint density at radius 3 is 2.44 bits per heavy atom. The smallest absolute Gasteiger partial charge is 0.271 e. The maximum atomic E-state index is 13.6. The van der Waals surface area contributed by atoms with Crippen molar-refractivity contribution in [3.63, 3.8) is 0 Å². The number of amides is 2. The fourth-order valence-electron chi connectivity index (χ4n) is 4.72. The average molecular weight is 464 g/mol. The first-order valence-corrected chi connectivity index (χ1v) is 12.2. The molecule has 3 aliphatic rings. The lowest BCUT2D eigenvalue weighted by Crippen LogP contribution is -2.42. The fourth-order valence-corrected chi connectivity index (χ4v) is 6.08. The van der Waals surface area contributed by atoms with Crippen LogP contribution >= 0.6 is 24.0 Å². The molecule has 2 saturated heterocycles. The van der Waals surface area contributed by atoms with Gasteiger partial charge in [0.2, 0.25) is 0 Å². The molecule has 164 valence electrons. The Labute approximate surface area is 198 Å². The van der Waals surface area contributed by atoms with Gasteiger partial charge in [-0.3, -0.25) is 24.3 Å². The number of carbonyl (C=O) groups excluding carboxylic acids is 2. The van der Waals surface area contributed by atoms with Crippen LogP contribution in [0.3, 0.4) is 0 Å². The fraction of sp³-hybridized carbons (Fsp3) is 0.320. The molecule has 0 atom stereocenters. The molecule has 0 spiro atoms. The minimum atomic E-state index is -0.218. The normalized spacial score (nSPS) is 21.6. The molecule has 7 heteroatoms. The molecule has 5 nitrogen and oxygen atoms in total. The quantitative estimate of drug-likeness (QED) is 0.480. The number of piperidine rings is 1. The summed E-state index contributed by atoms with van der Waals surface area (Å²) in [6, 6.07) is 13.7. The maximum Gasteiger partial charge on any atom is 0.271 e. The summed E-state index contributed by atoms with van der Waals surface area (Å²) in [5.74, 6) is -0.331. The molecule has 0 N–H and O–H groups in total. The number of thiocarbonyl (C=S) groups is 1. The number of anilines is 2. The highest BCUT2D eigenvalue weighted by molar-refractivity contribution is 8.27. The minimum Gasteiger partial charge on any atom is -0.294 e. The highest BCUT2D eigenvalue weighted by Gasteiger charge is 2.43. The Morgan fingerprint density at radius 1 is 0.938 bits per heavy atom. The van der Waals surface area contributed by atoms with Crippen LogP contribution in [0.15, 0.2) is 47.4 Å². The van der Waals surface area contributed by atoms with Crippen molar-refractivity contribution in [2.24, 2.45) is 0 Å². The van der Waals surface area contributed by atoms with Gasteiger partial charge in [0.15, 0.2) is 4.32 Å². The number of benzene rings is 2. The summed E-state index contributed by atoms with van der Waals surface area (Å²) in [7, 11) is 0. The van der Waals surface area contributed by atoms with Gasteiger partial charge in [-0.25, -0.2) is 0 Å². The van der Waals surface area contributed by atoms with Crippen LogP contribution in [-0.2, 0) is 9.59 Å². The third-order valence-corrected chi connectivity index (χ3v) is 7.68. The second-order valence-electron chi connectivity index (χ2n) is 8.57. The van der Waals surface area contributed by atoms with Crippen molar-refractivity contribution < 1.29 is 9.59 Å². The number of aryl methyl sites for hydroxylation is 2. The Balaban J connectivity index is 1.54. The van der Waals surface area contributed by atoms with Gasteiger partial charge in [0.25, 0.3) is 11.8 Å². The number of fused-ring (bicyclic) bond motifs is 1. The van der Waals surface area contributed by atoms with Crippen molar-refractivity contribution in [3.05, 3.63) is 64.1 Å². The standard InChI is InChI=1S/C25H25N3O2S2/c1-16-10-11-19(17(2)14-16)28-24(30)22(32-25(28)31)21-18-8-4-5-9-20(18)27(23(21)29)15-26-12-6-3-7-13-26/h4-5,8-11,14H,3,6-7,12-13,15H2,1-2H3. The zero-order valence-corrected chi connectivity index (χ0v) is 19.9. The molecule has 2 aromatic rings. The van der Waals surface area contributed by atoms with E-state index in [1.54, 1.807) is 4.90 Å². The maximum absolute atomic E-state index is 13.6. The van der Waals surface area contributed by atoms with Crippen LogP contribution in [0.5, 0.6) is 0 Å². The van der Waals surface area contributed by atoms with Gasteiger partial charge >= 0.3 is 0 Å². The summed E-state index contributed by atoms with van der Waals surface area (Å²) in [5, 5.41) is 0. The molecule has 5 rings (SSSR count). The number of nitrogens with zero attached hydrogens (tertiary/aromatic N) is 3. The van der Waals surface area contributed by atoms with Crippen molar-refractivity contribution in [1.29, 1.82) is 0 Å². The van der Waals surface area contributed by atoms with Crippen LogP contribution < -0.4 is 9.80 Å². The molecule has 2 fully saturated rings. The predicted molar refractivity (Wildman–Crippen MR) is 135 cm³/mol. The van der Waals surface area contributed by atoms with Gasteiger partial charge in [0, 0.05) is 5.56 Å². The van der Waals surface area contributed by atoms with Gasteiger partial charge in [0.1, 0.15) is 0 Å². The lowest BCUT2D eigenvalue weighted by Gasteiger charge is -2.30. The molecule has 0 unspecified atom stereocenters. The number of rotatable bonds is 3. The summed E-state index contributed by atoms with van der Waals surface area (Å²) in [4.78, 5) is 33.4. The molecule has 0 aromatic heterocycles. The monoisotopic (exact) mass is 463 g/mol. The molecule has 0 saturated carbocycles. The number of likely N-dealkylation sites (tertiary alicyclic amines) is 1. The lowest BCUT2D eigenvalue weighted by molar-refractivity contribution is -0.115. The third-order valence-electron chi connectivity index (χ3n) is 6.30. The van der Waals surface area contributed by atoms with Crippen molar-refractivity contribution in [2.45, 2.75) is 33.1 Å². The van der Waals surface area contributed by atoms with E-state index < -0.39 is 0 Å². The Bertz CT molecular complexity index is 1170. The molecule has 2 amide bonds. The van der Waals surface area contributed by atoms with Crippen molar-refractivity contribution in [1.82, 2.24) is 4.90 Å². The van der Waals surface area contributed by atoms with E-state index in [9.17, 15) is 9.59 Å².